The molecule has 1 nitrogen and oxygen atoms in total. The summed E-state index contributed by atoms with van der Waals surface area (Å²) in [5, 5.41) is 9.74. The van der Waals surface area contributed by atoms with Crippen LogP contribution in [0.4, 0.5) is 0 Å². The number of aromatic hydroxyl groups is 1. The van der Waals surface area contributed by atoms with E-state index in [9.17, 15) is 5.11 Å². The molecule has 18 heavy (non-hydrogen) atoms. The predicted octanol–water partition coefficient (Wildman–Crippen LogP) is 4.63. The van der Waals surface area contributed by atoms with Gasteiger partial charge in [0.25, 0.3) is 0 Å². The lowest BCUT2D eigenvalue weighted by Crippen LogP contribution is -1.92. The van der Waals surface area contributed by atoms with Crippen LogP contribution in [0.1, 0.15) is 30.0 Å². The Morgan fingerprint density at radius 2 is 1.67 bits per heavy atom. The molecule has 0 aliphatic carbocycles. The summed E-state index contributed by atoms with van der Waals surface area (Å²) in [6.07, 6.45) is 2.24. The lowest BCUT2D eigenvalue weighted by Gasteiger charge is -2.13. The van der Waals surface area contributed by atoms with E-state index < -0.39 is 0 Å². The van der Waals surface area contributed by atoms with E-state index in [2.05, 4.69) is 44.2 Å². The Kier molecular flexibility index (Phi) is 3.71. The normalized spacial score (nSPS) is 10.6. The zero-order valence-electron chi connectivity index (χ0n) is 11.3. The van der Waals surface area contributed by atoms with E-state index in [-0.39, 0.29) is 0 Å². The summed E-state index contributed by atoms with van der Waals surface area (Å²) < 4.78 is 0. The Labute approximate surface area is 109 Å². The van der Waals surface area contributed by atoms with Gasteiger partial charge >= 0.3 is 0 Å². The molecule has 0 saturated heterocycles. The average molecular weight is 240 g/mol. The third-order valence-electron chi connectivity index (χ3n) is 3.37. The predicted molar refractivity (Wildman–Crippen MR) is 77.0 cm³/mol. The van der Waals surface area contributed by atoms with E-state index in [0.29, 0.717) is 5.75 Å². The summed E-state index contributed by atoms with van der Waals surface area (Å²) >= 11 is 0. The van der Waals surface area contributed by atoms with Crippen molar-refractivity contribution in [2.24, 2.45) is 0 Å². The van der Waals surface area contributed by atoms with Crippen LogP contribution < -0.4 is 0 Å². The number of phenolic OH excluding ortho intramolecular Hbond substituents is 1. The van der Waals surface area contributed by atoms with Gasteiger partial charge in [-0.15, -0.1) is 0 Å². The molecule has 0 spiro atoms. The van der Waals surface area contributed by atoms with Crippen LogP contribution in [0.3, 0.4) is 0 Å². The fraction of sp³-hybridized carbons (Fsp3) is 0.294. The van der Waals surface area contributed by atoms with E-state index in [4.69, 9.17) is 0 Å². The molecule has 94 valence electrons. The van der Waals surface area contributed by atoms with E-state index in [0.717, 1.165) is 24.0 Å². The van der Waals surface area contributed by atoms with Crippen LogP contribution in [0.2, 0.25) is 0 Å². The molecule has 0 aliphatic heterocycles. The molecule has 2 rings (SSSR count). The third-order valence-corrected chi connectivity index (χ3v) is 3.37. The monoisotopic (exact) mass is 240 g/mol. The SMILES string of the molecule is CCCc1ccccc1-c1cc(C)c(O)cc1C. The minimum atomic E-state index is 0.379. The first-order valence-electron chi connectivity index (χ1n) is 6.52. The zero-order chi connectivity index (χ0) is 13.1. The maximum absolute atomic E-state index is 9.74. The van der Waals surface area contributed by atoms with Crippen molar-refractivity contribution in [3.05, 3.63) is 53.1 Å². The molecule has 1 N–H and O–H groups in total. The molecule has 1 heteroatoms. The highest BCUT2D eigenvalue weighted by atomic mass is 16.3. The first kappa shape index (κ1) is 12.7. The van der Waals surface area contributed by atoms with Crippen LogP contribution in [0, 0.1) is 13.8 Å². The van der Waals surface area contributed by atoms with Crippen LogP contribution >= 0.6 is 0 Å². The van der Waals surface area contributed by atoms with Gasteiger partial charge in [-0.25, -0.2) is 0 Å². The van der Waals surface area contributed by atoms with Gasteiger partial charge in [-0.05, 0) is 60.2 Å². The fourth-order valence-electron chi connectivity index (χ4n) is 2.36. The van der Waals surface area contributed by atoms with Gasteiger partial charge in [0.2, 0.25) is 0 Å². The van der Waals surface area contributed by atoms with Crippen molar-refractivity contribution in [1.29, 1.82) is 0 Å². The van der Waals surface area contributed by atoms with E-state index >= 15 is 0 Å². The molecule has 0 bridgehead atoms. The van der Waals surface area contributed by atoms with Gasteiger partial charge in [0.15, 0.2) is 0 Å². The molecular formula is C17H20O. The molecule has 0 heterocycles. The molecule has 0 amide bonds. The smallest absolute Gasteiger partial charge is 0.118 e. The molecule has 0 aliphatic rings. The van der Waals surface area contributed by atoms with Crippen LogP contribution in [-0.2, 0) is 6.42 Å². The second kappa shape index (κ2) is 5.26. The zero-order valence-corrected chi connectivity index (χ0v) is 11.3. The fourth-order valence-corrected chi connectivity index (χ4v) is 2.36. The number of hydrogen-bond donors (Lipinski definition) is 1. The van der Waals surface area contributed by atoms with Crippen LogP contribution in [-0.4, -0.2) is 5.11 Å². The molecule has 0 atom stereocenters. The minimum Gasteiger partial charge on any atom is -0.508 e. The summed E-state index contributed by atoms with van der Waals surface area (Å²) in [5.41, 5.74) is 5.96. The highest BCUT2D eigenvalue weighted by Crippen LogP contribution is 2.32. The minimum absolute atomic E-state index is 0.379. The second-order valence-corrected chi connectivity index (χ2v) is 4.86. The highest BCUT2D eigenvalue weighted by molar-refractivity contribution is 5.72. The molecule has 0 saturated carbocycles. The number of rotatable bonds is 3. The van der Waals surface area contributed by atoms with Crippen molar-refractivity contribution in [2.75, 3.05) is 0 Å². The van der Waals surface area contributed by atoms with Crippen molar-refractivity contribution < 1.29 is 5.11 Å². The number of benzene rings is 2. The Hall–Kier alpha value is -1.76. The van der Waals surface area contributed by atoms with Crippen molar-refractivity contribution in [2.45, 2.75) is 33.6 Å². The van der Waals surface area contributed by atoms with E-state index in [1.54, 1.807) is 0 Å². The van der Waals surface area contributed by atoms with E-state index in [1.165, 1.54) is 16.7 Å². The van der Waals surface area contributed by atoms with Gasteiger partial charge in [0, 0.05) is 0 Å². The van der Waals surface area contributed by atoms with Gasteiger partial charge in [-0.3, -0.25) is 0 Å². The molecular weight excluding hydrogens is 220 g/mol. The van der Waals surface area contributed by atoms with Gasteiger partial charge in [-0.2, -0.15) is 0 Å². The van der Waals surface area contributed by atoms with Crippen LogP contribution in [0.15, 0.2) is 36.4 Å². The lowest BCUT2D eigenvalue weighted by molar-refractivity contribution is 0.471. The molecule has 2 aromatic carbocycles. The largest absolute Gasteiger partial charge is 0.508 e. The number of aryl methyl sites for hydroxylation is 3. The highest BCUT2D eigenvalue weighted by Gasteiger charge is 2.09. The molecule has 0 fully saturated rings. The van der Waals surface area contributed by atoms with Crippen molar-refractivity contribution in [3.63, 3.8) is 0 Å². The summed E-state index contributed by atoms with van der Waals surface area (Å²) in [6.45, 7) is 6.20. The van der Waals surface area contributed by atoms with E-state index in [1.807, 2.05) is 13.0 Å². The number of phenols is 1. The molecule has 0 radical (unpaired) electrons. The van der Waals surface area contributed by atoms with Crippen LogP contribution in [0.25, 0.3) is 11.1 Å². The molecule has 2 aromatic rings. The Morgan fingerprint density at radius 1 is 0.944 bits per heavy atom. The molecule has 0 unspecified atom stereocenters. The summed E-state index contributed by atoms with van der Waals surface area (Å²) in [4.78, 5) is 0. The van der Waals surface area contributed by atoms with Crippen molar-refractivity contribution >= 4 is 0 Å². The Morgan fingerprint density at radius 3 is 2.39 bits per heavy atom. The van der Waals surface area contributed by atoms with Gasteiger partial charge in [0.05, 0.1) is 0 Å². The summed E-state index contributed by atoms with van der Waals surface area (Å²) in [6, 6.07) is 12.5. The van der Waals surface area contributed by atoms with Gasteiger partial charge in [0.1, 0.15) is 5.75 Å². The second-order valence-electron chi connectivity index (χ2n) is 4.86. The van der Waals surface area contributed by atoms with Gasteiger partial charge in [-0.1, -0.05) is 37.6 Å². The summed E-state index contributed by atoms with van der Waals surface area (Å²) in [5.74, 6) is 0.379. The van der Waals surface area contributed by atoms with Crippen molar-refractivity contribution in [3.8, 4) is 16.9 Å². The quantitative estimate of drug-likeness (QED) is 0.829. The average Bonchev–Trinajstić information content (AvgIpc) is 2.35. The first-order valence-corrected chi connectivity index (χ1v) is 6.52. The first-order chi connectivity index (χ1) is 8.63. The standard InChI is InChI=1S/C17H20O/c1-4-7-14-8-5-6-9-15(14)16-10-13(3)17(18)11-12(16)2/h5-6,8-11,18H,4,7H2,1-3H3. The Balaban J connectivity index is 2.58. The topological polar surface area (TPSA) is 20.2 Å². The van der Waals surface area contributed by atoms with Gasteiger partial charge < -0.3 is 5.11 Å². The Bertz CT molecular complexity index is 556. The maximum atomic E-state index is 9.74. The van der Waals surface area contributed by atoms with Crippen molar-refractivity contribution in [1.82, 2.24) is 0 Å². The third kappa shape index (κ3) is 2.40. The van der Waals surface area contributed by atoms with Crippen LogP contribution in [0.5, 0.6) is 5.75 Å². The molecule has 0 aromatic heterocycles. The summed E-state index contributed by atoms with van der Waals surface area (Å²) in [7, 11) is 0. The maximum Gasteiger partial charge on any atom is 0.118 e. The lowest BCUT2D eigenvalue weighted by atomic mass is 9.92. The number of hydrogen-bond acceptors (Lipinski definition) is 1.